The highest BCUT2D eigenvalue weighted by Crippen LogP contribution is 2.15. The van der Waals surface area contributed by atoms with Gasteiger partial charge in [0.1, 0.15) is 0 Å². The van der Waals surface area contributed by atoms with Gasteiger partial charge < -0.3 is 5.11 Å². The predicted molar refractivity (Wildman–Crippen MR) is 43.3 cm³/mol. The molecule has 0 saturated carbocycles. The number of carboxylic acid groups (broad SMARTS) is 1. The molecule has 0 unspecified atom stereocenters. The molecule has 0 amide bonds. The smallest absolute Gasteiger partial charge is 0.333 e. The average molecular weight is 169 g/mol. The highest BCUT2D eigenvalue weighted by Gasteiger charge is 2.11. The molecule has 0 aromatic rings. The number of rotatable bonds is 3. The summed E-state index contributed by atoms with van der Waals surface area (Å²) < 4.78 is 0. The van der Waals surface area contributed by atoms with Gasteiger partial charge in [-0.3, -0.25) is 0 Å². The van der Waals surface area contributed by atoms with Gasteiger partial charge in [0.05, 0.1) is 11.3 Å². The first-order valence-corrected chi connectivity index (χ1v) is 3.52. The SMILES string of the molecule is C/C(C(=O)O)=C(\N=C=O)C(C)C. The van der Waals surface area contributed by atoms with Crippen molar-refractivity contribution in [2.75, 3.05) is 0 Å². The molecule has 1 N–H and O–H groups in total. The molecule has 0 rings (SSSR count). The van der Waals surface area contributed by atoms with Crippen LogP contribution in [0.4, 0.5) is 0 Å². The van der Waals surface area contributed by atoms with Gasteiger partial charge in [-0.05, 0) is 12.8 Å². The fourth-order valence-electron chi connectivity index (χ4n) is 0.805. The topological polar surface area (TPSA) is 66.7 Å². The maximum absolute atomic E-state index is 10.5. The van der Waals surface area contributed by atoms with Crippen LogP contribution in [-0.2, 0) is 9.59 Å². The van der Waals surface area contributed by atoms with Crippen molar-refractivity contribution < 1.29 is 14.7 Å². The highest BCUT2D eigenvalue weighted by molar-refractivity contribution is 5.87. The first kappa shape index (κ1) is 10.6. The van der Waals surface area contributed by atoms with Crippen molar-refractivity contribution in [3.63, 3.8) is 0 Å². The zero-order valence-corrected chi connectivity index (χ0v) is 7.29. The maximum Gasteiger partial charge on any atom is 0.333 e. The van der Waals surface area contributed by atoms with E-state index in [4.69, 9.17) is 5.11 Å². The molecule has 0 atom stereocenters. The summed E-state index contributed by atoms with van der Waals surface area (Å²) in [6, 6.07) is 0. The molecule has 0 saturated heterocycles. The zero-order chi connectivity index (χ0) is 9.72. The molecular weight excluding hydrogens is 158 g/mol. The summed E-state index contributed by atoms with van der Waals surface area (Å²) in [6.45, 7) is 4.95. The van der Waals surface area contributed by atoms with Gasteiger partial charge in [0, 0.05) is 0 Å². The summed E-state index contributed by atoms with van der Waals surface area (Å²) in [7, 11) is 0. The van der Waals surface area contributed by atoms with Gasteiger partial charge in [0.2, 0.25) is 6.08 Å². The van der Waals surface area contributed by atoms with Crippen molar-refractivity contribution in [2.24, 2.45) is 10.9 Å². The van der Waals surface area contributed by atoms with Crippen LogP contribution in [0.15, 0.2) is 16.3 Å². The van der Waals surface area contributed by atoms with E-state index in [1.165, 1.54) is 13.0 Å². The second kappa shape index (κ2) is 4.46. The summed E-state index contributed by atoms with van der Waals surface area (Å²) in [5.74, 6) is -1.14. The van der Waals surface area contributed by atoms with Gasteiger partial charge >= 0.3 is 5.97 Å². The molecule has 12 heavy (non-hydrogen) atoms. The van der Waals surface area contributed by atoms with Gasteiger partial charge in [-0.1, -0.05) is 13.8 Å². The molecule has 0 aliphatic carbocycles. The van der Waals surface area contributed by atoms with Crippen molar-refractivity contribution in [3.05, 3.63) is 11.3 Å². The number of nitrogens with zero attached hydrogens (tertiary/aromatic N) is 1. The number of carbonyl (C=O) groups is 1. The van der Waals surface area contributed by atoms with Crippen molar-refractivity contribution in [1.29, 1.82) is 0 Å². The molecule has 66 valence electrons. The lowest BCUT2D eigenvalue weighted by Crippen LogP contribution is -2.04. The summed E-state index contributed by atoms with van der Waals surface area (Å²) in [5, 5.41) is 8.58. The molecule has 0 aromatic carbocycles. The Morgan fingerprint density at radius 3 is 2.25 bits per heavy atom. The fraction of sp³-hybridized carbons (Fsp3) is 0.500. The fourth-order valence-corrected chi connectivity index (χ4v) is 0.805. The Labute approximate surface area is 70.6 Å². The van der Waals surface area contributed by atoms with Crippen LogP contribution in [0.2, 0.25) is 0 Å². The van der Waals surface area contributed by atoms with Crippen molar-refractivity contribution in [2.45, 2.75) is 20.8 Å². The number of aliphatic carboxylic acids is 1. The van der Waals surface area contributed by atoms with Crippen LogP contribution in [0.3, 0.4) is 0 Å². The summed E-state index contributed by atoms with van der Waals surface area (Å²) >= 11 is 0. The van der Waals surface area contributed by atoms with Crippen LogP contribution in [0, 0.1) is 5.92 Å². The first-order valence-electron chi connectivity index (χ1n) is 3.52. The van der Waals surface area contributed by atoms with E-state index < -0.39 is 5.97 Å². The molecular formula is C8H11NO3. The number of carbonyl (C=O) groups excluding carboxylic acids is 1. The monoisotopic (exact) mass is 169 g/mol. The van der Waals surface area contributed by atoms with Crippen LogP contribution < -0.4 is 0 Å². The molecule has 0 bridgehead atoms. The number of aliphatic imine (C=N–C) groups is 1. The van der Waals surface area contributed by atoms with Crippen LogP contribution in [0.5, 0.6) is 0 Å². The van der Waals surface area contributed by atoms with Gasteiger partial charge in [0.25, 0.3) is 0 Å². The van der Waals surface area contributed by atoms with Crippen molar-refractivity contribution in [3.8, 4) is 0 Å². The standard InChI is InChI=1S/C8H11NO3/c1-5(2)7(9-4-10)6(3)8(11)12/h5H,1-3H3,(H,11,12)/b7-6+. The van der Waals surface area contributed by atoms with Crippen LogP contribution in [-0.4, -0.2) is 17.2 Å². The minimum atomic E-state index is -1.06. The molecule has 0 fully saturated rings. The number of carboxylic acids is 1. The van der Waals surface area contributed by atoms with Crippen molar-refractivity contribution >= 4 is 12.0 Å². The molecule has 0 aliphatic heterocycles. The lowest BCUT2D eigenvalue weighted by molar-refractivity contribution is -0.132. The second-order valence-electron chi connectivity index (χ2n) is 2.67. The molecule has 4 nitrogen and oxygen atoms in total. The van der Waals surface area contributed by atoms with E-state index in [2.05, 4.69) is 4.99 Å². The molecule has 0 heterocycles. The first-order chi connectivity index (χ1) is 5.50. The van der Waals surface area contributed by atoms with Gasteiger partial charge in [-0.2, -0.15) is 4.99 Å². The van der Waals surface area contributed by atoms with E-state index in [0.717, 1.165) is 0 Å². The lowest BCUT2D eigenvalue weighted by Gasteiger charge is -2.05. The molecule has 0 spiro atoms. The van der Waals surface area contributed by atoms with Gasteiger partial charge in [-0.25, -0.2) is 9.59 Å². The van der Waals surface area contributed by atoms with Crippen LogP contribution in [0.1, 0.15) is 20.8 Å². The largest absolute Gasteiger partial charge is 0.478 e. The Morgan fingerprint density at radius 1 is 1.50 bits per heavy atom. The summed E-state index contributed by atoms with van der Waals surface area (Å²) in [4.78, 5) is 23.7. The average Bonchev–Trinajstić information content (AvgIpc) is 1.98. The van der Waals surface area contributed by atoms with E-state index in [-0.39, 0.29) is 17.2 Å². The Balaban J connectivity index is 5.06. The lowest BCUT2D eigenvalue weighted by atomic mass is 10.1. The van der Waals surface area contributed by atoms with E-state index in [1.54, 1.807) is 13.8 Å². The van der Waals surface area contributed by atoms with Gasteiger partial charge in [-0.15, -0.1) is 0 Å². The van der Waals surface area contributed by atoms with Gasteiger partial charge in [0.15, 0.2) is 0 Å². The molecule has 0 aromatic heterocycles. The molecule has 0 aliphatic rings. The van der Waals surface area contributed by atoms with E-state index in [1.807, 2.05) is 0 Å². The minimum Gasteiger partial charge on any atom is -0.478 e. The Hall–Kier alpha value is -1.41. The predicted octanol–water partition coefficient (Wildman–Crippen LogP) is 1.34. The number of allylic oxidation sites excluding steroid dienone is 1. The van der Waals surface area contributed by atoms with E-state index in [0.29, 0.717) is 0 Å². The number of hydrogen-bond donors (Lipinski definition) is 1. The normalized spacial score (nSPS) is 12.0. The maximum atomic E-state index is 10.5. The quantitative estimate of drug-likeness (QED) is 0.393. The second-order valence-corrected chi connectivity index (χ2v) is 2.67. The van der Waals surface area contributed by atoms with Crippen LogP contribution in [0.25, 0.3) is 0 Å². The minimum absolute atomic E-state index is 0.0810. The van der Waals surface area contributed by atoms with Crippen molar-refractivity contribution in [1.82, 2.24) is 0 Å². The Morgan fingerprint density at radius 2 is 2.00 bits per heavy atom. The number of isocyanates is 1. The molecule has 0 radical (unpaired) electrons. The molecule has 4 heteroatoms. The van der Waals surface area contributed by atoms with E-state index in [9.17, 15) is 9.59 Å². The summed E-state index contributed by atoms with van der Waals surface area (Å²) in [5.41, 5.74) is 0.367. The third-order valence-electron chi connectivity index (χ3n) is 1.42. The summed E-state index contributed by atoms with van der Waals surface area (Å²) in [6.07, 6.45) is 1.34. The van der Waals surface area contributed by atoms with E-state index >= 15 is 0 Å². The Kier molecular flexibility index (Phi) is 3.94. The third kappa shape index (κ3) is 2.68. The highest BCUT2D eigenvalue weighted by atomic mass is 16.4. The zero-order valence-electron chi connectivity index (χ0n) is 7.29. The number of hydrogen-bond acceptors (Lipinski definition) is 3. The van der Waals surface area contributed by atoms with Crippen LogP contribution >= 0.6 is 0 Å². The third-order valence-corrected chi connectivity index (χ3v) is 1.42. The Bertz CT molecular complexity index is 259.